The van der Waals surface area contributed by atoms with Gasteiger partial charge in [0.15, 0.2) is 0 Å². The molecule has 1 saturated heterocycles. The molecule has 1 N–H and O–H groups in total. The van der Waals surface area contributed by atoms with Gasteiger partial charge in [0, 0.05) is 18.5 Å². The second-order valence-corrected chi connectivity index (χ2v) is 4.71. The summed E-state index contributed by atoms with van der Waals surface area (Å²) in [6, 6.07) is 4.50. The van der Waals surface area contributed by atoms with E-state index in [4.69, 9.17) is 4.52 Å². The maximum Gasteiger partial charge on any atom is 0.244 e. The minimum absolute atomic E-state index is 0.258. The molecule has 0 unspecified atom stereocenters. The molecule has 3 rings (SSSR count). The van der Waals surface area contributed by atoms with Crippen molar-refractivity contribution in [3.05, 3.63) is 35.5 Å². The van der Waals surface area contributed by atoms with E-state index in [0.717, 1.165) is 0 Å². The van der Waals surface area contributed by atoms with Crippen molar-refractivity contribution in [2.75, 3.05) is 6.54 Å². The highest BCUT2D eigenvalue weighted by atomic mass is 19.1. The molecule has 2 heterocycles. The monoisotopic (exact) mass is 265 g/mol. The molecule has 0 bridgehead atoms. The minimum atomic E-state index is -0.892. The molecule has 1 aliphatic rings. The fourth-order valence-electron chi connectivity index (χ4n) is 2.11. The fourth-order valence-corrected chi connectivity index (χ4v) is 2.11. The van der Waals surface area contributed by atoms with Crippen LogP contribution in [0.2, 0.25) is 0 Å². The van der Waals surface area contributed by atoms with E-state index in [-0.39, 0.29) is 11.9 Å². The number of hydrogen-bond acceptors (Lipinski definition) is 4. The number of hydrogen-bond donors (Lipinski definition) is 1. The Morgan fingerprint density at radius 3 is 2.95 bits per heavy atom. The quantitative estimate of drug-likeness (QED) is 0.906. The zero-order valence-electron chi connectivity index (χ0n) is 10.4. The van der Waals surface area contributed by atoms with Crippen LogP contribution in [0.5, 0.6) is 0 Å². The first-order chi connectivity index (χ1) is 9.13. The Morgan fingerprint density at radius 2 is 2.26 bits per heavy atom. The second-order valence-electron chi connectivity index (χ2n) is 4.71. The summed E-state index contributed by atoms with van der Waals surface area (Å²) in [4.78, 5) is 4.19. The third-order valence-electron chi connectivity index (χ3n) is 3.25. The second kappa shape index (κ2) is 4.70. The fraction of sp³-hybridized carbons (Fsp3) is 0.385. The third kappa shape index (κ3) is 2.35. The maximum atomic E-state index is 13.5. The molecule has 1 fully saturated rings. The van der Waals surface area contributed by atoms with Gasteiger partial charge >= 0.3 is 0 Å². The van der Waals surface area contributed by atoms with Crippen LogP contribution < -0.4 is 5.32 Å². The standard InChI is InChI=1S/C13H13F2N3O/c1-7-2-3-8(4-10(7)15)12-17-13(19-18-12)11-5-9(14)6-16-11/h2-4,9,11,16H,5-6H2,1H3/t9-,11+/m0/s1. The van der Waals surface area contributed by atoms with E-state index in [0.29, 0.717) is 35.8 Å². The molecular formula is C13H13F2N3O. The lowest BCUT2D eigenvalue weighted by molar-refractivity contribution is 0.324. The smallest absolute Gasteiger partial charge is 0.244 e. The molecule has 0 radical (unpaired) electrons. The molecule has 0 amide bonds. The van der Waals surface area contributed by atoms with Crippen LogP contribution in [0.25, 0.3) is 11.4 Å². The number of aromatic nitrogens is 2. The van der Waals surface area contributed by atoms with Gasteiger partial charge in [-0.15, -0.1) is 0 Å². The number of nitrogens with zero attached hydrogens (tertiary/aromatic N) is 2. The predicted molar refractivity (Wildman–Crippen MR) is 64.7 cm³/mol. The van der Waals surface area contributed by atoms with Crippen molar-refractivity contribution >= 4 is 0 Å². The molecule has 6 heteroatoms. The zero-order chi connectivity index (χ0) is 13.4. The Kier molecular flexibility index (Phi) is 3.02. The molecule has 2 atom stereocenters. The highest BCUT2D eigenvalue weighted by Crippen LogP contribution is 2.26. The molecule has 100 valence electrons. The summed E-state index contributed by atoms with van der Waals surface area (Å²) in [7, 11) is 0. The molecule has 1 aromatic heterocycles. The zero-order valence-corrected chi connectivity index (χ0v) is 10.4. The highest BCUT2D eigenvalue weighted by Gasteiger charge is 2.29. The lowest BCUT2D eigenvalue weighted by Crippen LogP contribution is -2.14. The van der Waals surface area contributed by atoms with Crippen molar-refractivity contribution in [3.8, 4) is 11.4 Å². The van der Waals surface area contributed by atoms with Gasteiger partial charge in [-0.1, -0.05) is 17.3 Å². The van der Waals surface area contributed by atoms with Gasteiger partial charge < -0.3 is 9.84 Å². The molecule has 1 aromatic carbocycles. The van der Waals surface area contributed by atoms with E-state index in [1.165, 1.54) is 6.07 Å². The van der Waals surface area contributed by atoms with E-state index in [2.05, 4.69) is 15.5 Å². The van der Waals surface area contributed by atoms with E-state index >= 15 is 0 Å². The van der Waals surface area contributed by atoms with Crippen molar-refractivity contribution in [1.82, 2.24) is 15.5 Å². The van der Waals surface area contributed by atoms with Crippen LogP contribution in [0.3, 0.4) is 0 Å². The average Bonchev–Trinajstić information content (AvgIpc) is 3.01. The van der Waals surface area contributed by atoms with E-state index in [9.17, 15) is 8.78 Å². The van der Waals surface area contributed by atoms with Crippen molar-refractivity contribution in [2.45, 2.75) is 25.6 Å². The molecule has 1 aliphatic heterocycles. The van der Waals surface area contributed by atoms with Crippen LogP contribution in [0.4, 0.5) is 8.78 Å². The number of aryl methyl sites for hydroxylation is 1. The van der Waals surface area contributed by atoms with Gasteiger partial charge in [-0.05, 0) is 18.6 Å². The van der Waals surface area contributed by atoms with E-state index in [1.54, 1.807) is 19.1 Å². The topological polar surface area (TPSA) is 51.0 Å². The lowest BCUT2D eigenvalue weighted by Gasteiger charge is -2.01. The summed E-state index contributed by atoms with van der Waals surface area (Å²) in [5, 5.41) is 6.77. The molecule has 0 saturated carbocycles. The minimum Gasteiger partial charge on any atom is -0.337 e. The first kappa shape index (κ1) is 12.2. The Labute approximate surface area is 108 Å². The first-order valence-corrected chi connectivity index (χ1v) is 6.11. The Morgan fingerprint density at radius 1 is 1.42 bits per heavy atom. The Hall–Kier alpha value is -1.82. The normalized spacial score (nSPS) is 22.9. The number of nitrogens with one attached hydrogen (secondary N) is 1. The van der Waals surface area contributed by atoms with Gasteiger partial charge in [0.1, 0.15) is 12.0 Å². The summed E-state index contributed by atoms with van der Waals surface area (Å²) < 4.78 is 31.7. The van der Waals surface area contributed by atoms with Crippen molar-refractivity contribution < 1.29 is 13.3 Å². The van der Waals surface area contributed by atoms with Crippen LogP contribution in [-0.2, 0) is 0 Å². The third-order valence-corrected chi connectivity index (χ3v) is 3.25. The van der Waals surface area contributed by atoms with Crippen molar-refractivity contribution in [2.24, 2.45) is 0 Å². The molecule has 0 aliphatic carbocycles. The van der Waals surface area contributed by atoms with Gasteiger partial charge in [0.05, 0.1) is 6.04 Å². The van der Waals surface area contributed by atoms with Crippen LogP contribution in [0.1, 0.15) is 23.9 Å². The average molecular weight is 265 g/mol. The SMILES string of the molecule is Cc1ccc(-c2noc([C@H]3C[C@H](F)CN3)n2)cc1F. The van der Waals surface area contributed by atoms with Crippen LogP contribution in [0.15, 0.2) is 22.7 Å². The van der Waals surface area contributed by atoms with E-state index in [1.807, 2.05) is 0 Å². The van der Waals surface area contributed by atoms with Crippen LogP contribution in [0, 0.1) is 12.7 Å². The predicted octanol–water partition coefficient (Wildman–Crippen LogP) is 2.56. The molecule has 0 spiro atoms. The number of benzene rings is 1. The number of halogens is 2. The first-order valence-electron chi connectivity index (χ1n) is 6.11. The highest BCUT2D eigenvalue weighted by molar-refractivity contribution is 5.55. The van der Waals surface area contributed by atoms with Gasteiger partial charge in [-0.25, -0.2) is 8.78 Å². The molecule has 4 nitrogen and oxygen atoms in total. The summed E-state index contributed by atoms with van der Waals surface area (Å²) in [5.41, 5.74) is 1.11. The van der Waals surface area contributed by atoms with Gasteiger partial charge in [0.2, 0.25) is 11.7 Å². The largest absolute Gasteiger partial charge is 0.337 e. The summed E-state index contributed by atoms with van der Waals surface area (Å²) >= 11 is 0. The van der Waals surface area contributed by atoms with Crippen LogP contribution >= 0.6 is 0 Å². The Balaban J connectivity index is 1.86. The summed E-state index contributed by atoms with van der Waals surface area (Å²) in [6.45, 7) is 1.98. The van der Waals surface area contributed by atoms with Gasteiger partial charge in [-0.2, -0.15) is 4.98 Å². The molecule has 19 heavy (non-hydrogen) atoms. The maximum absolute atomic E-state index is 13.5. The summed E-state index contributed by atoms with van der Waals surface area (Å²) in [6.07, 6.45) is -0.568. The Bertz CT molecular complexity index is 599. The summed E-state index contributed by atoms with van der Waals surface area (Å²) in [5.74, 6) is 0.348. The van der Waals surface area contributed by atoms with Crippen molar-refractivity contribution in [1.29, 1.82) is 0 Å². The van der Waals surface area contributed by atoms with Gasteiger partial charge in [-0.3, -0.25) is 0 Å². The molecule has 2 aromatic rings. The lowest BCUT2D eigenvalue weighted by atomic mass is 10.1. The number of alkyl halides is 1. The number of rotatable bonds is 2. The van der Waals surface area contributed by atoms with Crippen molar-refractivity contribution in [3.63, 3.8) is 0 Å². The molecular weight excluding hydrogens is 252 g/mol. The van der Waals surface area contributed by atoms with Crippen LogP contribution in [-0.4, -0.2) is 22.9 Å². The van der Waals surface area contributed by atoms with Gasteiger partial charge in [0.25, 0.3) is 0 Å². The van der Waals surface area contributed by atoms with E-state index < -0.39 is 6.17 Å².